The molecule has 2 aromatic rings. The molecule has 0 radical (unpaired) electrons. The lowest BCUT2D eigenvalue weighted by molar-refractivity contribution is 0.415. The van der Waals surface area contributed by atoms with Crippen molar-refractivity contribution in [2.45, 2.75) is 4.90 Å². The van der Waals surface area contributed by atoms with E-state index in [9.17, 15) is 8.42 Å². The molecule has 1 heterocycles. The number of nitrogens with zero attached hydrogens (tertiary/aromatic N) is 1. The van der Waals surface area contributed by atoms with Gasteiger partial charge in [0.05, 0.1) is 12.8 Å². The van der Waals surface area contributed by atoms with Crippen LogP contribution in [0.5, 0.6) is 5.75 Å². The minimum atomic E-state index is -3.87. The van der Waals surface area contributed by atoms with E-state index in [-0.39, 0.29) is 10.0 Å². The zero-order valence-electron chi connectivity index (χ0n) is 10.6. The number of nitrogens with one attached hydrogen (secondary N) is 1. The third kappa shape index (κ3) is 3.88. The molecule has 0 aliphatic carbocycles. The molecule has 0 saturated heterocycles. The molecule has 1 N–H and O–H groups in total. The van der Waals surface area contributed by atoms with Crippen LogP contribution in [0.2, 0.25) is 5.15 Å². The van der Waals surface area contributed by atoms with Crippen molar-refractivity contribution in [3.05, 3.63) is 44.6 Å². The Kier molecular flexibility index (Phi) is 5.13. The SMILES string of the molecule is COc1ccc(Br)c(NS(=O)(=O)c2cc(Br)cnc2Cl)c1. The summed E-state index contributed by atoms with van der Waals surface area (Å²) in [4.78, 5) is 3.69. The first-order chi connectivity index (χ1) is 9.83. The first kappa shape index (κ1) is 16.5. The Labute approximate surface area is 144 Å². The summed E-state index contributed by atoms with van der Waals surface area (Å²) in [5.41, 5.74) is 0.338. The van der Waals surface area contributed by atoms with Crippen LogP contribution in [0.15, 0.2) is 44.3 Å². The maximum absolute atomic E-state index is 12.4. The third-order valence-electron chi connectivity index (χ3n) is 2.48. The highest BCUT2D eigenvalue weighted by Gasteiger charge is 2.20. The molecular weight excluding hydrogens is 447 g/mol. The second kappa shape index (κ2) is 6.51. The number of benzene rings is 1. The lowest BCUT2D eigenvalue weighted by atomic mass is 10.3. The number of aromatic nitrogens is 1. The van der Waals surface area contributed by atoms with Crippen LogP contribution in [-0.2, 0) is 10.0 Å². The summed E-state index contributed by atoms with van der Waals surface area (Å²) in [6.45, 7) is 0. The van der Waals surface area contributed by atoms with E-state index in [1.54, 1.807) is 18.2 Å². The second-order valence-corrected chi connectivity index (χ2v) is 7.67. The van der Waals surface area contributed by atoms with E-state index in [0.29, 0.717) is 20.4 Å². The molecular formula is C12H9Br2ClN2O3S. The van der Waals surface area contributed by atoms with Gasteiger partial charge in [-0.25, -0.2) is 13.4 Å². The highest BCUT2D eigenvalue weighted by Crippen LogP contribution is 2.31. The number of hydrogen-bond donors (Lipinski definition) is 1. The summed E-state index contributed by atoms with van der Waals surface area (Å²) >= 11 is 12.3. The highest BCUT2D eigenvalue weighted by atomic mass is 79.9. The van der Waals surface area contributed by atoms with Gasteiger partial charge in [-0.1, -0.05) is 11.6 Å². The number of methoxy groups -OCH3 is 1. The molecule has 0 amide bonds. The van der Waals surface area contributed by atoms with Crippen molar-refractivity contribution in [1.29, 1.82) is 0 Å². The summed E-state index contributed by atoms with van der Waals surface area (Å²) in [6.07, 6.45) is 1.42. The van der Waals surface area contributed by atoms with Crippen LogP contribution in [-0.4, -0.2) is 20.5 Å². The van der Waals surface area contributed by atoms with Gasteiger partial charge in [-0.05, 0) is 50.1 Å². The molecule has 0 unspecified atom stereocenters. The van der Waals surface area contributed by atoms with Gasteiger partial charge in [0.1, 0.15) is 15.8 Å². The summed E-state index contributed by atoms with van der Waals surface area (Å²) in [5, 5.41) is -0.107. The van der Waals surface area contributed by atoms with Crippen molar-refractivity contribution in [2.75, 3.05) is 11.8 Å². The number of pyridine rings is 1. The fourth-order valence-corrected chi connectivity index (χ4v) is 3.99. The van der Waals surface area contributed by atoms with Crippen molar-refractivity contribution in [1.82, 2.24) is 4.98 Å². The number of hydrogen-bond acceptors (Lipinski definition) is 4. The maximum Gasteiger partial charge on any atom is 0.265 e. The molecule has 9 heteroatoms. The number of rotatable bonds is 4. The molecule has 21 heavy (non-hydrogen) atoms. The Bertz CT molecular complexity index is 784. The smallest absolute Gasteiger partial charge is 0.265 e. The summed E-state index contributed by atoms with van der Waals surface area (Å²) in [7, 11) is -2.38. The molecule has 0 aliphatic rings. The van der Waals surface area contributed by atoms with Gasteiger partial charge in [0.25, 0.3) is 10.0 Å². The lowest BCUT2D eigenvalue weighted by Gasteiger charge is -2.12. The summed E-state index contributed by atoms with van der Waals surface area (Å²) in [5.74, 6) is 0.523. The standard InChI is InChI=1S/C12H9Br2ClN2O3S/c1-20-8-2-3-9(14)10(5-8)17-21(18,19)11-4-7(13)6-16-12(11)15/h2-6,17H,1H3. The fraction of sp³-hybridized carbons (Fsp3) is 0.0833. The van der Waals surface area contributed by atoms with Gasteiger partial charge in [0.2, 0.25) is 0 Å². The molecule has 1 aromatic carbocycles. The average molecular weight is 457 g/mol. The highest BCUT2D eigenvalue weighted by molar-refractivity contribution is 9.10. The topological polar surface area (TPSA) is 68.3 Å². The van der Waals surface area contributed by atoms with E-state index in [1.807, 2.05) is 0 Å². The van der Waals surface area contributed by atoms with E-state index in [4.69, 9.17) is 16.3 Å². The molecule has 5 nitrogen and oxygen atoms in total. The van der Waals surface area contributed by atoms with Crippen LogP contribution >= 0.6 is 43.5 Å². The number of ether oxygens (including phenoxy) is 1. The van der Waals surface area contributed by atoms with Crippen LogP contribution in [0.3, 0.4) is 0 Å². The van der Waals surface area contributed by atoms with Gasteiger partial charge in [0, 0.05) is 21.2 Å². The molecule has 0 saturated carbocycles. The van der Waals surface area contributed by atoms with Gasteiger partial charge in [0.15, 0.2) is 0 Å². The summed E-state index contributed by atoms with van der Waals surface area (Å²) in [6, 6.07) is 6.32. The largest absolute Gasteiger partial charge is 0.497 e. The molecule has 2 rings (SSSR count). The van der Waals surface area contributed by atoms with Crippen LogP contribution in [0, 0.1) is 0 Å². The number of sulfonamides is 1. The predicted molar refractivity (Wildman–Crippen MR) is 88.4 cm³/mol. The first-order valence-corrected chi connectivity index (χ1v) is 8.95. The van der Waals surface area contributed by atoms with E-state index >= 15 is 0 Å². The Morgan fingerprint density at radius 1 is 1.29 bits per heavy atom. The second-order valence-electron chi connectivity index (χ2n) is 3.89. The third-order valence-corrected chi connectivity index (χ3v) is 5.40. The van der Waals surface area contributed by atoms with E-state index in [2.05, 4.69) is 41.6 Å². The normalized spacial score (nSPS) is 11.2. The van der Waals surface area contributed by atoms with Gasteiger partial charge >= 0.3 is 0 Å². The van der Waals surface area contributed by atoms with E-state index in [1.165, 1.54) is 19.4 Å². The predicted octanol–water partition coefficient (Wildman–Crippen LogP) is 4.07. The molecule has 1 aromatic heterocycles. The van der Waals surface area contributed by atoms with Gasteiger partial charge in [-0.15, -0.1) is 0 Å². The van der Waals surface area contributed by atoms with Crippen LogP contribution in [0.1, 0.15) is 0 Å². The molecule has 0 aliphatic heterocycles. The van der Waals surface area contributed by atoms with Crippen LogP contribution < -0.4 is 9.46 Å². The Morgan fingerprint density at radius 3 is 2.67 bits per heavy atom. The van der Waals surface area contributed by atoms with Crippen molar-refractivity contribution in [3.63, 3.8) is 0 Å². The number of anilines is 1. The van der Waals surface area contributed by atoms with Crippen molar-refractivity contribution in [2.24, 2.45) is 0 Å². The van der Waals surface area contributed by atoms with Crippen molar-refractivity contribution < 1.29 is 13.2 Å². The first-order valence-electron chi connectivity index (χ1n) is 5.51. The molecule has 0 fully saturated rings. The molecule has 0 bridgehead atoms. The fourth-order valence-electron chi connectivity index (χ4n) is 1.50. The minimum Gasteiger partial charge on any atom is -0.497 e. The van der Waals surface area contributed by atoms with Crippen LogP contribution in [0.25, 0.3) is 0 Å². The van der Waals surface area contributed by atoms with Gasteiger partial charge in [-0.2, -0.15) is 0 Å². The maximum atomic E-state index is 12.4. The minimum absolute atomic E-state index is 0.107. The van der Waals surface area contributed by atoms with Crippen molar-refractivity contribution >= 4 is 59.2 Å². The number of halogens is 3. The zero-order valence-corrected chi connectivity index (χ0v) is 15.3. The Hall–Kier alpha value is -0.830. The average Bonchev–Trinajstić information content (AvgIpc) is 2.43. The Morgan fingerprint density at radius 2 is 2.00 bits per heavy atom. The molecule has 0 atom stereocenters. The van der Waals surface area contributed by atoms with Gasteiger partial charge < -0.3 is 4.74 Å². The van der Waals surface area contributed by atoms with Crippen LogP contribution in [0.4, 0.5) is 5.69 Å². The molecule has 112 valence electrons. The summed E-state index contributed by atoms with van der Waals surface area (Å²) < 4.78 is 33.4. The Balaban J connectivity index is 2.44. The quantitative estimate of drug-likeness (QED) is 0.705. The van der Waals surface area contributed by atoms with Crippen molar-refractivity contribution in [3.8, 4) is 5.75 Å². The van der Waals surface area contributed by atoms with E-state index in [0.717, 1.165) is 0 Å². The lowest BCUT2D eigenvalue weighted by Crippen LogP contribution is -2.14. The molecule has 0 spiro atoms. The monoisotopic (exact) mass is 454 g/mol. The van der Waals surface area contributed by atoms with E-state index < -0.39 is 10.0 Å². The zero-order chi connectivity index (χ0) is 15.6. The van der Waals surface area contributed by atoms with Gasteiger partial charge in [-0.3, -0.25) is 4.72 Å².